The quantitative estimate of drug-likeness (QED) is 0.285. The molecule has 0 heterocycles. The molecule has 14 heteroatoms. The SMILES string of the molecule is CCC(Cc1ccccc1OS(=O)(=O)c1ccc(F)cc1F)(NS(=O)(=O)c1ccc(F)cc1F)C(=O)O. The Balaban J connectivity index is 2.02. The molecule has 0 aliphatic carbocycles. The predicted molar refractivity (Wildman–Crippen MR) is 122 cm³/mol. The molecule has 2 N–H and O–H groups in total. The van der Waals surface area contributed by atoms with E-state index in [0.29, 0.717) is 36.4 Å². The van der Waals surface area contributed by atoms with E-state index in [-0.39, 0.29) is 5.56 Å². The highest BCUT2D eigenvalue weighted by Crippen LogP contribution is 2.30. The molecule has 3 aromatic rings. The van der Waals surface area contributed by atoms with Gasteiger partial charge in [0.05, 0.1) is 0 Å². The number of para-hydroxylation sites is 1. The minimum absolute atomic E-state index is 0.125. The monoisotopic (exact) mass is 561 g/mol. The van der Waals surface area contributed by atoms with Gasteiger partial charge in [-0.2, -0.15) is 13.1 Å². The van der Waals surface area contributed by atoms with Crippen LogP contribution in [-0.4, -0.2) is 33.5 Å². The normalized spacial score (nSPS) is 13.6. The third kappa shape index (κ3) is 6.09. The lowest BCUT2D eigenvalue weighted by Crippen LogP contribution is -2.55. The second kappa shape index (κ2) is 10.5. The largest absolute Gasteiger partial charge is 0.480 e. The third-order valence-corrected chi connectivity index (χ3v) is 8.19. The number of carboxylic acids is 1. The summed E-state index contributed by atoms with van der Waals surface area (Å²) in [7, 11) is -9.73. The van der Waals surface area contributed by atoms with Gasteiger partial charge < -0.3 is 9.29 Å². The van der Waals surface area contributed by atoms with Gasteiger partial charge in [-0.1, -0.05) is 25.1 Å². The summed E-state index contributed by atoms with van der Waals surface area (Å²) in [4.78, 5) is 10.3. The highest BCUT2D eigenvalue weighted by molar-refractivity contribution is 7.89. The molecule has 198 valence electrons. The number of carboxylic acid groups (broad SMARTS) is 1. The van der Waals surface area contributed by atoms with Crippen molar-refractivity contribution < 1.29 is 48.5 Å². The van der Waals surface area contributed by atoms with Crippen molar-refractivity contribution in [3.05, 3.63) is 89.5 Å². The molecule has 0 spiro atoms. The lowest BCUT2D eigenvalue weighted by Gasteiger charge is -2.30. The number of sulfonamides is 1. The van der Waals surface area contributed by atoms with Crippen molar-refractivity contribution in [1.29, 1.82) is 0 Å². The molecule has 37 heavy (non-hydrogen) atoms. The van der Waals surface area contributed by atoms with Crippen molar-refractivity contribution in [3.63, 3.8) is 0 Å². The van der Waals surface area contributed by atoms with Gasteiger partial charge in [0.15, 0.2) is 0 Å². The Kier molecular flexibility index (Phi) is 7.95. The molecule has 3 aromatic carbocycles. The smallest absolute Gasteiger partial charge is 0.342 e. The Morgan fingerprint density at radius 2 is 1.43 bits per heavy atom. The van der Waals surface area contributed by atoms with E-state index < -0.39 is 83.3 Å². The maximum Gasteiger partial charge on any atom is 0.342 e. The lowest BCUT2D eigenvalue weighted by molar-refractivity contribution is -0.144. The standard InChI is InChI=1S/C23H19F4NO7S2/c1-2-23(22(29)30,28-36(31,32)20-9-7-15(24)11-17(20)26)13-14-5-3-4-6-19(14)35-37(33,34)21-10-8-16(25)12-18(21)27/h3-12,28H,2,13H2,1H3,(H,29,30). The Morgan fingerprint density at radius 3 is 1.95 bits per heavy atom. The number of benzene rings is 3. The van der Waals surface area contributed by atoms with Crippen LogP contribution in [0.2, 0.25) is 0 Å². The lowest BCUT2D eigenvalue weighted by atomic mass is 9.89. The van der Waals surface area contributed by atoms with E-state index in [0.717, 1.165) is 6.07 Å². The molecule has 1 unspecified atom stereocenters. The summed E-state index contributed by atoms with van der Waals surface area (Å²) in [5.74, 6) is -7.13. The van der Waals surface area contributed by atoms with Gasteiger partial charge in [0, 0.05) is 18.6 Å². The maximum atomic E-state index is 14.2. The Bertz CT molecular complexity index is 1560. The van der Waals surface area contributed by atoms with Gasteiger partial charge in [-0.15, -0.1) is 0 Å². The van der Waals surface area contributed by atoms with Crippen molar-refractivity contribution in [2.45, 2.75) is 35.1 Å². The first-order chi connectivity index (χ1) is 17.2. The Labute approximate surface area is 209 Å². The van der Waals surface area contributed by atoms with Crippen LogP contribution in [0.5, 0.6) is 5.75 Å². The minimum atomic E-state index is -4.87. The van der Waals surface area contributed by atoms with Gasteiger partial charge in [0.25, 0.3) is 0 Å². The van der Waals surface area contributed by atoms with Crippen molar-refractivity contribution in [1.82, 2.24) is 4.72 Å². The summed E-state index contributed by atoms with van der Waals surface area (Å²) < 4.78 is 113. The van der Waals surface area contributed by atoms with Gasteiger partial charge in [-0.05, 0) is 42.3 Å². The molecule has 8 nitrogen and oxygen atoms in total. The molecule has 0 aliphatic heterocycles. The van der Waals surface area contributed by atoms with Crippen molar-refractivity contribution in [2.24, 2.45) is 0 Å². The van der Waals surface area contributed by atoms with E-state index in [1.807, 2.05) is 4.72 Å². The van der Waals surface area contributed by atoms with Crippen LogP contribution in [0.25, 0.3) is 0 Å². The summed E-state index contributed by atoms with van der Waals surface area (Å²) in [6.07, 6.45) is -1.10. The molecule has 0 bridgehead atoms. The minimum Gasteiger partial charge on any atom is -0.480 e. The zero-order valence-electron chi connectivity index (χ0n) is 18.9. The van der Waals surface area contributed by atoms with Crippen LogP contribution in [0.3, 0.4) is 0 Å². The van der Waals surface area contributed by atoms with Gasteiger partial charge >= 0.3 is 16.1 Å². The average molecular weight is 562 g/mol. The first kappa shape index (κ1) is 28.1. The first-order valence-corrected chi connectivity index (χ1v) is 13.3. The van der Waals surface area contributed by atoms with E-state index in [2.05, 4.69) is 0 Å². The second-order valence-electron chi connectivity index (χ2n) is 7.82. The van der Waals surface area contributed by atoms with Gasteiger partial charge in [0.2, 0.25) is 10.0 Å². The number of hydrogen-bond acceptors (Lipinski definition) is 6. The molecule has 0 saturated heterocycles. The number of carbonyl (C=O) groups is 1. The molecule has 0 fully saturated rings. The number of halogens is 4. The van der Waals surface area contributed by atoms with Crippen LogP contribution in [-0.2, 0) is 31.4 Å². The topological polar surface area (TPSA) is 127 Å². The fourth-order valence-corrected chi connectivity index (χ4v) is 5.92. The number of rotatable bonds is 10. The Hall–Kier alpha value is -3.49. The molecule has 3 rings (SSSR count). The van der Waals surface area contributed by atoms with E-state index >= 15 is 0 Å². The summed E-state index contributed by atoms with van der Waals surface area (Å²) in [5, 5.41) is 9.95. The van der Waals surface area contributed by atoms with Crippen LogP contribution in [0.4, 0.5) is 17.6 Å². The van der Waals surface area contributed by atoms with E-state index in [9.17, 15) is 44.3 Å². The maximum absolute atomic E-state index is 14.2. The van der Waals surface area contributed by atoms with E-state index in [1.54, 1.807) is 0 Å². The van der Waals surface area contributed by atoms with E-state index in [1.165, 1.54) is 25.1 Å². The summed E-state index contributed by atoms with van der Waals surface area (Å²) >= 11 is 0. The fraction of sp³-hybridized carbons (Fsp3) is 0.174. The second-order valence-corrected chi connectivity index (χ2v) is 11.0. The molecular weight excluding hydrogens is 542 g/mol. The zero-order chi connectivity index (χ0) is 27.6. The summed E-state index contributed by atoms with van der Waals surface area (Å²) in [5.41, 5.74) is -2.47. The fourth-order valence-electron chi connectivity index (χ4n) is 3.41. The van der Waals surface area contributed by atoms with Crippen LogP contribution in [0, 0.1) is 23.3 Å². The zero-order valence-corrected chi connectivity index (χ0v) is 20.5. The van der Waals surface area contributed by atoms with Crippen molar-refractivity contribution >= 4 is 26.1 Å². The number of hydrogen-bond donors (Lipinski definition) is 2. The Morgan fingerprint density at radius 1 is 0.892 bits per heavy atom. The molecule has 1 atom stereocenters. The molecule has 0 radical (unpaired) electrons. The first-order valence-electron chi connectivity index (χ1n) is 10.4. The van der Waals surface area contributed by atoms with Crippen LogP contribution < -0.4 is 8.91 Å². The summed E-state index contributed by atoms with van der Waals surface area (Å²) in [6, 6.07) is 8.33. The molecule has 0 aliphatic rings. The molecule has 0 amide bonds. The van der Waals surface area contributed by atoms with Crippen LogP contribution in [0.1, 0.15) is 18.9 Å². The molecule has 0 aromatic heterocycles. The highest BCUT2D eigenvalue weighted by atomic mass is 32.2. The number of nitrogens with one attached hydrogen (secondary N) is 1. The van der Waals surface area contributed by atoms with Crippen LogP contribution in [0.15, 0.2) is 70.5 Å². The van der Waals surface area contributed by atoms with Crippen molar-refractivity contribution in [3.8, 4) is 5.75 Å². The summed E-state index contributed by atoms with van der Waals surface area (Å²) in [6.45, 7) is 1.31. The van der Waals surface area contributed by atoms with Crippen LogP contribution >= 0.6 is 0 Å². The van der Waals surface area contributed by atoms with Gasteiger partial charge in [-0.3, -0.25) is 4.79 Å². The molecular formula is C23H19F4NO7S2. The van der Waals surface area contributed by atoms with Crippen molar-refractivity contribution in [2.75, 3.05) is 0 Å². The predicted octanol–water partition coefficient (Wildman–Crippen LogP) is 3.77. The average Bonchev–Trinajstić information content (AvgIpc) is 2.78. The molecule has 0 saturated carbocycles. The van der Waals surface area contributed by atoms with Gasteiger partial charge in [-0.25, -0.2) is 26.0 Å². The number of aliphatic carboxylic acids is 1. The highest BCUT2D eigenvalue weighted by Gasteiger charge is 2.42. The van der Waals surface area contributed by atoms with E-state index in [4.69, 9.17) is 4.18 Å². The third-order valence-electron chi connectivity index (χ3n) is 5.35. The van der Waals surface area contributed by atoms with Gasteiger partial charge in [0.1, 0.15) is 44.3 Å².